The SMILES string of the molecule is O=C(COC(=O)Cc1ccc2c(c1)CCC2)NN1C(=O)NC2(CCCCC2)C1=O. The van der Waals surface area contributed by atoms with E-state index in [1.165, 1.54) is 11.1 Å². The van der Waals surface area contributed by atoms with E-state index >= 15 is 0 Å². The molecule has 0 unspecified atom stereocenters. The second-order valence-corrected chi connectivity index (χ2v) is 8.04. The highest BCUT2D eigenvalue weighted by molar-refractivity contribution is 6.08. The van der Waals surface area contributed by atoms with Crippen LogP contribution in [0.1, 0.15) is 55.2 Å². The number of rotatable bonds is 5. The van der Waals surface area contributed by atoms with Gasteiger partial charge in [-0.05, 0) is 48.8 Å². The van der Waals surface area contributed by atoms with Crippen LogP contribution in [0.2, 0.25) is 0 Å². The first-order chi connectivity index (χ1) is 14.0. The maximum Gasteiger partial charge on any atom is 0.344 e. The van der Waals surface area contributed by atoms with E-state index in [1.54, 1.807) is 0 Å². The average molecular weight is 399 g/mol. The second kappa shape index (κ2) is 7.85. The molecule has 1 spiro atoms. The zero-order valence-corrected chi connectivity index (χ0v) is 16.3. The number of nitrogens with zero attached hydrogens (tertiary/aromatic N) is 1. The highest BCUT2D eigenvalue weighted by Gasteiger charge is 2.52. The predicted molar refractivity (Wildman–Crippen MR) is 102 cm³/mol. The Balaban J connectivity index is 1.27. The molecule has 154 valence electrons. The summed E-state index contributed by atoms with van der Waals surface area (Å²) in [6.07, 6.45) is 7.18. The standard InChI is InChI=1S/C21H25N3O5/c25-17(23-24-19(27)21(22-20(24)28)9-2-1-3-10-21)13-29-18(26)12-14-7-8-15-5-4-6-16(15)11-14/h7-8,11H,1-6,9-10,12-13H2,(H,22,28)(H,23,25). The molecule has 0 atom stereocenters. The van der Waals surface area contributed by atoms with Crippen LogP contribution in [0.15, 0.2) is 18.2 Å². The van der Waals surface area contributed by atoms with E-state index in [4.69, 9.17) is 4.74 Å². The normalized spacial score (nSPS) is 19.8. The summed E-state index contributed by atoms with van der Waals surface area (Å²) in [5.41, 5.74) is 4.79. The molecule has 4 rings (SSSR count). The van der Waals surface area contributed by atoms with Gasteiger partial charge in [-0.25, -0.2) is 4.79 Å². The number of esters is 1. The Bertz CT molecular complexity index is 860. The predicted octanol–water partition coefficient (Wildman–Crippen LogP) is 1.55. The fourth-order valence-electron chi connectivity index (χ4n) is 4.47. The van der Waals surface area contributed by atoms with Crippen LogP contribution in [0.25, 0.3) is 0 Å². The van der Waals surface area contributed by atoms with Gasteiger partial charge < -0.3 is 10.1 Å². The number of fused-ring (bicyclic) bond motifs is 1. The van der Waals surface area contributed by atoms with Crippen LogP contribution in [0.3, 0.4) is 0 Å². The van der Waals surface area contributed by atoms with E-state index in [-0.39, 0.29) is 6.42 Å². The lowest BCUT2D eigenvalue weighted by Gasteiger charge is -2.30. The van der Waals surface area contributed by atoms with E-state index in [0.29, 0.717) is 17.9 Å². The number of hydrazine groups is 1. The van der Waals surface area contributed by atoms with Crippen molar-refractivity contribution in [2.24, 2.45) is 0 Å². The Kier molecular flexibility index (Phi) is 5.25. The third-order valence-electron chi connectivity index (χ3n) is 5.98. The number of ether oxygens (including phenoxy) is 1. The first-order valence-corrected chi connectivity index (χ1v) is 10.2. The molecule has 1 aliphatic heterocycles. The van der Waals surface area contributed by atoms with Gasteiger partial charge in [0.1, 0.15) is 5.54 Å². The summed E-state index contributed by atoms with van der Waals surface area (Å²) >= 11 is 0. The lowest BCUT2D eigenvalue weighted by Crippen LogP contribution is -2.51. The number of carbonyl (C=O) groups is 4. The number of carbonyl (C=O) groups excluding carboxylic acids is 4. The Morgan fingerprint density at radius 3 is 2.62 bits per heavy atom. The van der Waals surface area contributed by atoms with Crippen molar-refractivity contribution in [3.63, 3.8) is 0 Å². The maximum atomic E-state index is 12.6. The van der Waals surface area contributed by atoms with Crippen LogP contribution in [0, 0.1) is 0 Å². The molecule has 1 heterocycles. The summed E-state index contributed by atoms with van der Waals surface area (Å²) in [6.45, 7) is -0.548. The number of benzene rings is 1. The quantitative estimate of drug-likeness (QED) is 0.577. The molecule has 29 heavy (non-hydrogen) atoms. The third-order valence-corrected chi connectivity index (χ3v) is 5.98. The minimum absolute atomic E-state index is 0.0762. The van der Waals surface area contributed by atoms with Gasteiger partial charge in [-0.2, -0.15) is 5.01 Å². The molecule has 2 aliphatic carbocycles. The van der Waals surface area contributed by atoms with Crippen molar-refractivity contribution < 1.29 is 23.9 Å². The van der Waals surface area contributed by atoms with Gasteiger partial charge in [-0.3, -0.25) is 19.8 Å². The summed E-state index contributed by atoms with van der Waals surface area (Å²) in [4.78, 5) is 48.9. The topological polar surface area (TPSA) is 105 Å². The number of urea groups is 1. The molecule has 8 heteroatoms. The summed E-state index contributed by atoms with van der Waals surface area (Å²) in [5.74, 6) is -1.69. The first-order valence-electron chi connectivity index (χ1n) is 10.2. The van der Waals surface area contributed by atoms with Crippen LogP contribution in [-0.2, 0) is 38.4 Å². The number of aryl methyl sites for hydroxylation is 2. The second-order valence-electron chi connectivity index (χ2n) is 8.04. The van der Waals surface area contributed by atoms with Crippen molar-refractivity contribution in [2.45, 2.75) is 63.3 Å². The van der Waals surface area contributed by atoms with E-state index in [1.807, 2.05) is 18.2 Å². The zero-order valence-electron chi connectivity index (χ0n) is 16.3. The van der Waals surface area contributed by atoms with Crippen LogP contribution in [0.5, 0.6) is 0 Å². The zero-order chi connectivity index (χ0) is 20.4. The van der Waals surface area contributed by atoms with Gasteiger partial charge in [0.2, 0.25) is 0 Å². The number of nitrogens with one attached hydrogen (secondary N) is 2. The molecule has 1 saturated carbocycles. The highest BCUT2D eigenvalue weighted by atomic mass is 16.5. The smallest absolute Gasteiger partial charge is 0.344 e. The Labute approximate surface area is 168 Å². The molecule has 0 bridgehead atoms. The molecule has 1 aromatic carbocycles. The van der Waals surface area contributed by atoms with Gasteiger partial charge in [-0.1, -0.05) is 37.5 Å². The van der Waals surface area contributed by atoms with Crippen molar-refractivity contribution in [2.75, 3.05) is 6.61 Å². The average Bonchev–Trinajstić information content (AvgIpc) is 3.25. The van der Waals surface area contributed by atoms with Crippen LogP contribution < -0.4 is 10.7 Å². The Morgan fingerprint density at radius 2 is 1.83 bits per heavy atom. The molecular formula is C21H25N3O5. The fraction of sp³-hybridized carbons (Fsp3) is 0.524. The molecule has 2 N–H and O–H groups in total. The molecule has 4 amide bonds. The van der Waals surface area contributed by atoms with Crippen LogP contribution in [0.4, 0.5) is 4.79 Å². The summed E-state index contributed by atoms with van der Waals surface area (Å²) < 4.78 is 5.02. The fourth-order valence-corrected chi connectivity index (χ4v) is 4.47. The van der Waals surface area contributed by atoms with E-state index in [0.717, 1.165) is 44.1 Å². The van der Waals surface area contributed by atoms with E-state index < -0.39 is 36.0 Å². The molecule has 1 saturated heterocycles. The number of amides is 4. The van der Waals surface area contributed by atoms with Gasteiger partial charge in [-0.15, -0.1) is 0 Å². The minimum atomic E-state index is -0.910. The van der Waals surface area contributed by atoms with Crippen molar-refractivity contribution in [3.05, 3.63) is 34.9 Å². The molecule has 1 aromatic rings. The minimum Gasteiger partial charge on any atom is -0.455 e. The molecule has 0 aromatic heterocycles. The highest BCUT2D eigenvalue weighted by Crippen LogP contribution is 2.33. The lowest BCUT2D eigenvalue weighted by atomic mass is 9.82. The van der Waals surface area contributed by atoms with Crippen molar-refractivity contribution in [1.29, 1.82) is 0 Å². The van der Waals surface area contributed by atoms with Crippen molar-refractivity contribution in [3.8, 4) is 0 Å². The summed E-state index contributed by atoms with van der Waals surface area (Å²) in [7, 11) is 0. The molecule has 8 nitrogen and oxygen atoms in total. The molecule has 0 radical (unpaired) electrons. The van der Waals surface area contributed by atoms with Gasteiger partial charge in [0, 0.05) is 0 Å². The van der Waals surface area contributed by atoms with Crippen molar-refractivity contribution in [1.82, 2.24) is 15.8 Å². The van der Waals surface area contributed by atoms with E-state index in [2.05, 4.69) is 10.7 Å². The van der Waals surface area contributed by atoms with Crippen LogP contribution in [-0.4, -0.2) is 41.0 Å². The summed E-state index contributed by atoms with van der Waals surface area (Å²) in [5, 5.41) is 3.42. The number of hydrogen-bond acceptors (Lipinski definition) is 5. The first kappa shape index (κ1) is 19.4. The summed E-state index contributed by atoms with van der Waals surface area (Å²) in [6, 6.07) is 5.31. The molecular weight excluding hydrogens is 374 g/mol. The molecule has 2 fully saturated rings. The Hall–Kier alpha value is -2.90. The number of hydrogen-bond donors (Lipinski definition) is 2. The number of imide groups is 1. The lowest BCUT2D eigenvalue weighted by molar-refractivity contribution is -0.150. The van der Waals surface area contributed by atoms with Crippen LogP contribution >= 0.6 is 0 Å². The van der Waals surface area contributed by atoms with Gasteiger partial charge in [0.25, 0.3) is 11.8 Å². The van der Waals surface area contributed by atoms with Gasteiger partial charge >= 0.3 is 12.0 Å². The van der Waals surface area contributed by atoms with Crippen molar-refractivity contribution >= 4 is 23.8 Å². The van der Waals surface area contributed by atoms with Gasteiger partial charge in [0.05, 0.1) is 6.42 Å². The molecule has 3 aliphatic rings. The largest absolute Gasteiger partial charge is 0.455 e. The maximum absolute atomic E-state index is 12.6. The van der Waals surface area contributed by atoms with E-state index in [9.17, 15) is 19.2 Å². The third kappa shape index (κ3) is 3.97. The van der Waals surface area contributed by atoms with Gasteiger partial charge in [0.15, 0.2) is 6.61 Å². The Morgan fingerprint density at radius 1 is 1.07 bits per heavy atom. The monoisotopic (exact) mass is 399 g/mol.